The lowest BCUT2D eigenvalue weighted by molar-refractivity contribution is 0.576. The maximum atomic E-state index is 13.5. The van der Waals surface area contributed by atoms with Gasteiger partial charge in [0.15, 0.2) is 0 Å². The molecule has 2 aromatic rings. The fourth-order valence-electron chi connectivity index (χ4n) is 1.88. The fraction of sp³-hybridized carbons (Fsp3) is 0.250. The minimum absolute atomic E-state index is 0.211. The van der Waals surface area contributed by atoms with Crippen LogP contribution in [-0.2, 0) is 6.42 Å². The van der Waals surface area contributed by atoms with Gasteiger partial charge in [0.25, 0.3) is 0 Å². The van der Waals surface area contributed by atoms with Gasteiger partial charge in [-0.15, -0.1) is 11.8 Å². The molecule has 0 fully saturated rings. The first-order valence-corrected chi connectivity index (χ1v) is 7.42. The van der Waals surface area contributed by atoms with Crippen molar-refractivity contribution in [3.05, 3.63) is 65.2 Å². The molecule has 4 heteroatoms. The molecule has 106 valence electrons. The Morgan fingerprint density at radius 1 is 1.10 bits per heavy atom. The van der Waals surface area contributed by atoms with E-state index in [2.05, 4.69) is 0 Å². The molecule has 0 aromatic heterocycles. The van der Waals surface area contributed by atoms with Crippen LogP contribution in [0.15, 0.2) is 47.4 Å². The molecular weight excluding hydrogens is 276 g/mol. The van der Waals surface area contributed by atoms with Crippen LogP contribution in [0.1, 0.15) is 11.1 Å². The van der Waals surface area contributed by atoms with E-state index >= 15 is 0 Å². The molecule has 0 bridgehead atoms. The molecule has 0 aliphatic rings. The molecule has 2 aromatic carbocycles. The van der Waals surface area contributed by atoms with E-state index in [0.29, 0.717) is 17.7 Å². The lowest BCUT2D eigenvalue weighted by Gasteiger charge is -2.12. The molecule has 0 heterocycles. The zero-order valence-electron chi connectivity index (χ0n) is 11.3. The SMILES string of the molecule is Cc1ccc(SCC(N)Cc2cc(F)ccc2F)cc1. The molecule has 0 aliphatic carbocycles. The highest BCUT2D eigenvalue weighted by molar-refractivity contribution is 7.99. The van der Waals surface area contributed by atoms with E-state index in [4.69, 9.17) is 5.73 Å². The van der Waals surface area contributed by atoms with Crippen LogP contribution in [0, 0.1) is 18.6 Å². The van der Waals surface area contributed by atoms with Crippen molar-refractivity contribution in [3.8, 4) is 0 Å². The zero-order chi connectivity index (χ0) is 14.5. The summed E-state index contributed by atoms with van der Waals surface area (Å²) in [5, 5.41) is 0. The monoisotopic (exact) mass is 293 g/mol. The second kappa shape index (κ2) is 6.86. The number of rotatable bonds is 5. The molecule has 0 aliphatic heterocycles. The van der Waals surface area contributed by atoms with Crippen LogP contribution in [0.4, 0.5) is 8.78 Å². The smallest absolute Gasteiger partial charge is 0.126 e. The van der Waals surface area contributed by atoms with Gasteiger partial charge in [-0.25, -0.2) is 8.78 Å². The summed E-state index contributed by atoms with van der Waals surface area (Å²) in [6, 6.07) is 11.4. The Labute approximate surface area is 122 Å². The molecule has 0 spiro atoms. The molecular formula is C16H17F2NS. The Kier molecular flexibility index (Phi) is 5.15. The van der Waals surface area contributed by atoms with Gasteiger partial charge in [0.1, 0.15) is 11.6 Å². The molecule has 0 radical (unpaired) electrons. The zero-order valence-corrected chi connectivity index (χ0v) is 12.1. The average Bonchev–Trinajstić information content (AvgIpc) is 2.42. The topological polar surface area (TPSA) is 26.0 Å². The standard InChI is InChI=1S/C16H17F2NS/c1-11-2-5-15(6-3-11)20-10-14(19)9-12-8-13(17)4-7-16(12)18/h2-8,14H,9-10,19H2,1H3. The predicted molar refractivity (Wildman–Crippen MR) is 79.9 cm³/mol. The van der Waals surface area contributed by atoms with Gasteiger partial charge in [-0.05, 0) is 49.2 Å². The van der Waals surface area contributed by atoms with E-state index in [-0.39, 0.29) is 6.04 Å². The Morgan fingerprint density at radius 2 is 1.80 bits per heavy atom. The Bertz CT molecular complexity index is 569. The van der Waals surface area contributed by atoms with Crippen LogP contribution in [0.25, 0.3) is 0 Å². The Morgan fingerprint density at radius 3 is 2.50 bits per heavy atom. The minimum atomic E-state index is -0.431. The van der Waals surface area contributed by atoms with E-state index in [1.54, 1.807) is 11.8 Å². The molecule has 0 saturated heterocycles. The van der Waals surface area contributed by atoms with Gasteiger partial charge in [-0.1, -0.05) is 17.7 Å². The summed E-state index contributed by atoms with van der Waals surface area (Å²) in [7, 11) is 0. The lowest BCUT2D eigenvalue weighted by Crippen LogP contribution is -2.26. The van der Waals surface area contributed by atoms with E-state index in [9.17, 15) is 8.78 Å². The first kappa shape index (κ1) is 15.0. The number of hydrogen-bond acceptors (Lipinski definition) is 2. The summed E-state index contributed by atoms with van der Waals surface area (Å²) < 4.78 is 26.6. The van der Waals surface area contributed by atoms with Crippen LogP contribution in [-0.4, -0.2) is 11.8 Å². The summed E-state index contributed by atoms with van der Waals surface area (Å²) in [4.78, 5) is 1.13. The summed E-state index contributed by atoms with van der Waals surface area (Å²) in [5.41, 5.74) is 7.54. The lowest BCUT2D eigenvalue weighted by atomic mass is 10.1. The van der Waals surface area contributed by atoms with Gasteiger partial charge in [0, 0.05) is 16.7 Å². The number of benzene rings is 2. The highest BCUT2D eigenvalue weighted by atomic mass is 32.2. The van der Waals surface area contributed by atoms with E-state index in [1.165, 1.54) is 11.6 Å². The molecule has 20 heavy (non-hydrogen) atoms. The molecule has 1 atom stereocenters. The van der Waals surface area contributed by atoms with Crippen molar-refractivity contribution in [2.24, 2.45) is 5.73 Å². The number of hydrogen-bond donors (Lipinski definition) is 1. The van der Waals surface area contributed by atoms with Crippen LogP contribution in [0.5, 0.6) is 0 Å². The highest BCUT2D eigenvalue weighted by Crippen LogP contribution is 2.20. The first-order valence-electron chi connectivity index (χ1n) is 6.43. The second-order valence-electron chi connectivity index (χ2n) is 4.82. The molecule has 0 amide bonds. The molecule has 0 saturated carbocycles. The van der Waals surface area contributed by atoms with Crippen LogP contribution in [0.2, 0.25) is 0 Å². The van der Waals surface area contributed by atoms with Crippen molar-refractivity contribution in [2.75, 3.05) is 5.75 Å². The average molecular weight is 293 g/mol. The Balaban J connectivity index is 1.90. The van der Waals surface area contributed by atoms with E-state index in [1.807, 2.05) is 31.2 Å². The first-order chi connectivity index (χ1) is 9.54. The van der Waals surface area contributed by atoms with Gasteiger partial charge >= 0.3 is 0 Å². The third-order valence-corrected chi connectivity index (χ3v) is 4.18. The van der Waals surface area contributed by atoms with Gasteiger partial charge in [-0.3, -0.25) is 0 Å². The van der Waals surface area contributed by atoms with Gasteiger partial charge < -0.3 is 5.73 Å². The van der Waals surface area contributed by atoms with Crippen molar-refractivity contribution >= 4 is 11.8 Å². The highest BCUT2D eigenvalue weighted by Gasteiger charge is 2.10. The van der Waals surface area contributed by atoms with Crippen LogP contribution >= 0.6 is 11.8 Å². The predicted octanol–water partition coefficient (Wildman–Crippen LogP) is 3.94. The van der Waals surface area contributed by atoms with E-state index in [0.717, 1.165) is 17.0 Å². The second-order valence-corrected chi connectivity index (χ2v) is 5.92. The third-order valence-electron chi connectivity index (χ3n) is 2.97. The molecule has 1 unspecified atom stereocenters. The maximum absolute atomic E-state index is 13.5. The minimum Gasteiger partial charge on any atom is -0.327 e. The number of thioether (sulfide) groups is 1. The normalized spacial score (nSPS) is 12.4. The quantitative estimate of drug-likeness (QED) is 0.845. The van der Waals surface area contributed by atoms with Crippen molar-refractivity contribution in [3.63, 3.8) is 0 Å². The third kappa shape index (κ3) is 4.32. The fourth-order valence-corrected chi connectivity index (χ4v) is 2.73. The maximum Gasteiger partial charge on any atom is 0.126 e. The van der Waals surface area contributed by atoms with Gasteiger partial charge in [-0.2, -0.15) is 0 Å². The van der Waals surface area contributed by atoms with Crippen molar-refractivity contribution < 1.29 is 8.78 Å². The number of aryl methyl sites for hydroxylation is 1. The van der Waals surface area contributed by atoms with Gasteiger partial charge in [0.05, 0.1) is 0 Å². The summed E-state index contributed by atoms with van der Waals surface area (Å²) in [6.07, 6.45) is 0.336. The van der Waals surface area contributed by atoms with Crippen molar-refractivity contribution in [2.45, 2.75) is 24.3 Å². The number of halogens is 2. The molecule has 2 rings (SSSR count). The van der Waals surface area contributed by atoms with Crippen LogP contribution in [0.3, 0.4) is 0 Å². The summed E-state index contributed by atoms with van der Waals surface area (Å²) in [5.74, 6) is -0.166. The van der Waals surface area contributed by atoms with Crippen molar-refractivity contribution in [1.29, 1.82) is 0 Å². The largest absolute Gasteiger partial charge is 0.327 e. The Hall–Kier alpha value is -1.39. The van der Waals surface area contributed by atoms with Crippen LogP contribution < -0.4 is 5.73 Å². The summed E-state index contributed by atoms with van der Waals surface area (Å²) >= 11 is 1.63. The number of nitrogens with two attached hydrogens (primary N) is 1. The van der Waals surface area contributed by atoms with Gasteiger partial charge in [0.2, 0.25) is 0 Å². The molecule has 1 nitrogen and oxygen atoms in total. The van der Waals surface area contributed by atoms with Crippen molar-refractivity contribution in [1.82, 2.24) is 0 Å². The summed E-state index contributed by atoms with van der Waals surface area (Å²) in [6.45, 7) is 2.03. The molecule has 2 N–H and O–H groups in total. The van der Waals surface area contributed by atoms with E-state index < -0.39 is 11.6 Å².